The first-order valence-corrected chi connectivity index (χ1v) is 3.77. The average molecular weight is 162 g/mol. The predicted molar refractivity (Wildman–Crippen MR) is 38.1 cm³/mol. The first kappa shape index (κ1) is 8.93. The van der Waals surface area contributed by atoms with Crippen molar-refractivity contribution in [1.82, 2.24) is 0 Å². The van der Waals surface area contributed by atoms with E-state index in [9.17, 15) is 10.2 Å². The molecule has 1 fully saturated rings. The lowest BCUT2D eigenvalue weighted by molar-refractivity contribution is -0.174. The Hall–Kier alpha value is -0.160. The van der Waals surface area contributed by atoms with Gasteiger partial charge >= 0.3 is 0 Å². The van der Waals surface area contributed by atoms with Crippen molar-refractivity contribution in [3.8, 4) is 0 Å². The summed E-state index contributed by atoms with van der Waals surface area (Å²) >= 11 is 0. The summed E-state index contributed by atoms with van der Waals surface area (Å²) in [4.78, 5) is 0. The van der Waals surface area contributed by atoms with E-state index in [4.69, 9.17) is 9.84 Å². The van der Waals surface area contributed by atoms with Crippen molar-refractivity contribution in [3.05, 3.63) is 0 Å². The Morgan fingerprint density at radius 2 is 2.09 bits per heavy atom. The highest BCUT2D eigenvalue weighted by atomic mass is 16.5. The molecule has 66 valence electrons. The lowest BCUT2D eigenvalue weighted by atomic mass is 9.99. The normalized spacial score (nSPS) is 45.8. The molecule has 0 saturated carbocycles. The van der Waals surface area contributed by atoms with Crippen LogP contribution in [0.1, 0.15) is 13.3 Å². The highest BCUT2D eigenvalue weighted by Crippen LogP contribution is 2.19. The number of aliphatic hydroxyl groups is 3. The summed E-state index contributed by atoms with van der Waals surface area (Å²) in [5.74, 6) is 0. The van der Waals surface area contributed by atoms with Gasteiger partial charge in [-0.15, -0.1) is 0 Å². The molecule has 4 heteroatoms. The quantitative estimate of drug-likeness (QED) is 0.456. The van der Waals surface area contributed by atoms with Crippen molar-refractivity contribution in [1.29, 1.82) is 0 Å². The molecule has 0 spiro atoms. The van der Waals surface area contributed by atoms with E-state index in [-0.39, 0.29) is 12.7 Å². The number of hydrogen-bond acceptors (Lipinski definition) is 4. The Morgan fingerprint density at radius 3 is 2.64 bits per heavy atom. The molecule has 0 aromatic carbocycles. The van der Waals surface area contributed by atoms with Gasteiger partial charge < -0.3 is 20.1 Å². The molecule has 0 aliphatic carbocycles. The van der Waals surface area contributed by atoms with Gasteiger partial charge in [-0.25, -0.2) is 0 Å². The maximum Gasteiger partial charge on any atom is 0.109 e. The van der Waals surface area contributed by atoms with Gasteiger partial charge in [0.2, 0.25) is 0 Å². The van der Waals surface area contributed by atoms with Gasteiger partial charge in [0, 0.05) is 6.42 Å². The molecule has 0 amide bonds. The van der Waals surface area contributed by atoms with Crippen molar-refractivity contribution < 1.29 is 20.1 Å². The van der Waals surface area contributed by atoms with Crippen molar-refractivity contribution >= 4 is 0 Å². The zero-order valence-corrected chi connectivity index (χ0v) is 6.47. The van der Waals surface area contributed by atoms with Crippen LogP contribution in [0.2, 0.25) is 0 Å². The van der Waals surface area contributed by atoms with Crippen molar-refractivity contribution in [2.45, 2.75) is 37.8 Å². The molecule has 2 unspecified atom stereocenters. The summed E-state index contributed by atoms with van der Waals surface area (Å²) in [5.41, 5.74) is 0. The van der Waals surface area contributed by atoms with Crippen LogP contribution in [-0.2, 0) is 4.74 Å². The fourth-order valence-corrected chi connectivity index (χ4v) is 1.31. The van der Waals surface area contributed by atoms with Gasteiger partial charge in [0.15, 0.2) is 0 Å². The minimum Gasteiger partial charge on any atom is -0.394 e. The second kappa shape index (κ2) is 3.49. The molecule has 1 aliphatic rings. The summed E-state index contributed by atoms with van der Waals surface area (Å²) in [5, 5.41) is 27.1. The third-order valence-electron chi connectivity index (χ3n) is 1.94. The molecule has 11 heavy (non-hydrogen) atoms. The zero-order valence-electron chi connectivity index (χ0n) is 6.47. The average Bonchev–Trinajstić information content (AvgIpc) is 1.96. The highest BCUT2D eigenvalue weighted by Gasteiger charge is 2.34. The van der Waals surface area contributed by atoms with E-state index in [1.807, 2.05) is 0 Å². The molecule has 1 heterocycles. The molecule has 3 N–H and O–H groups in total. The van der Waals surface area contributed by atoms with Gasteiger partial charge in [0.25, 0.3) is 0 Å². The van der Waals surface area contributed by atoms with Crippen LogP contribution >= 0.6 is 0 Å². The molecule has 1 saturated heterocycles. The lowest BCUT2D eigenvalue weighted by Crippen LogP contribution is -2.49. The number of ether oxygens (including phenoxy) is 1. The Bertz CT molecular complexity index is 128. The molecule has 1 aliphatic heterocycles. The molecule has 0 bridgehead atoms. The van der Waals surface area contributed by atoms with Gasteiger partial charge in [-0.1, -0.05) is 0 Å². The van der Waals surface area contributed by atoms with Gasteiger partial charge in [0.1, 0.15) is 12.2 Å². The molecule has 4 nitrogen and oxygen atoms in total. The van der Waals surface area contributed by atoms with Crippen LogP contribution in [0, 0.1) is 0 Å². The number of aliphatic hydroxyl groups excluding tert-OH is 3. The SMILES string of the molecule is C[C@H]1CC(O)C(O)[C@@H](CO)O1. The largest absolute Gasteiger partial charge is 0.394 e. The fourth-order valence-electron chi connectivity index (χ4n) is 1.31. The topological polar surface area (TPSA) is 69.9 Å². The lowest BCUT2D eigenvalue weighted by Gasteiger charge is -2.34. The molecular weight excluding hydrogens is 148 g/mol. The fraction of sp³-hybridized carbons (Fsp3) is 1.00. The standard InChI is InChI=1S/C7H14O4/c1-4-2-5(9)7(10)6(3-8)11-4/h4-10H,2-3H2,1H3/t4-,5?,6+,7?/m0/s1. The summed E-state index contributed by atoms with van der Waals surface area (Å²) in [6.45, 7) is 1.56. The summed E-state index contributed by atoms with van der Waals surface area (Å²) < 4.78 is 5.16. The minimum absolute atomic E-state index is 0.0921. The van der Waals surface area contributed by atoms with E-state index in [1.54, 1.807) is 6.92 Å². The van der Waals surface area contributed by atoms with E-state index in [0.717, 1.165) is 0 Å². The van der Waals surface area contributed by atoms with Gasteiger partial charge in [-0.05, 0) is 6.92 Å². The number of rotatable bonds is 1. The molecular formula is C7H14O4. The molecule has 0 aromatic rings. The third-order valence-corrected chi connectivity index (χ3v) is 1.94. The number of hydrogen-bond donors (Lipinski definition) is 3. The van der Waals surface area contributed by atoms with E-state index in [1.165, 1.54) is 0 Å². The van der Waals surface area contributed by atoms with E-state index in [0.29, 0.717) is 6.42 Å². The summed E-state index contributed by atoms with van der Waals surface area (Å²) in [6.07, 6.45) is -2.01. The summed E-state index contributed by atoms with van der Waals surface area (Å²) in [7, 11) is 0. The van der Waals surface area contributed by atoms with E-state index < -0.39 is 18.3 Å². The second-order valence-corrected chi connectivity index (χ2v) is 2.96. The maximum atomic E-state index is 9.22. The Morgan fingerprint density at radius 1 is 1.45 bits per heavy atom. The smallest absolute Gasteiger partial charge is 0.109 e. The van der Waals surface area contributed by atoms with Crippen LogP contribution in [0.25, 0.3) is 0 Å². The van der Waals surface area contributed by atoms with Crippen LogP contribution in [0.15, 0.2) is 0 Å². The minimum atomic E-state index is -0.948. The van der Waals surface area contributed by atoms with Crippen LogP contribution < -0.4 is 0 Å². The first-order chi connectivity index (χ1) is 5.15. The van der Waals surface area contributed by atoms with E-state index in [2.05, 4.69) is 0 Å². The monoisotopic (exact) mass is 162 g/mol. The Labute approximate surface area is 65.4 Å². The highest BCUT2D eigenvalue weighted by molar-refractivity contribution is 4.83. The van der Waals surface area contributed by atoms with Crippen molar-refractivity contribution in [2.75, 3.05) is 6.61 Å². The van der Waals surface area contributed by atoms with Gasteiger partial charge in [-0.2, -0.15) is 0 Å². The molecule has 4 atom stereocenters. The zero-order chi connectivity index (χ0) is 8.43. The Kier molecular flexibility index (Phi) is 2.84. The third kappa shape index (κ3) is 1.90. The second-order valence-electron chi connectivity index (χ2n) is 2.96. The van der Waals surface area contributed by atoms with Crippen molar-refractivity contribution in [2.24, 2.45) is 0 Å². The van der Waals surface area contributed by atoms with Crippen molar-refractivity contribution in [3.63, 3.8) is 0 Å². The van der Waals surface area contributed by atoms with Crippen LogP contribution in [0.5, 0.6) is 0 Å². The first-order valence-electron chi connectivity index (χ1n) is 3.77. The van der Waals surface area contributed by atoms with E-state index >= 15 is 0 Å². The summed E-state index contributed by atoms with van der Waals surface area (Å²) in [6, 6.07) is 0. The molecule has 0 radical (unpaired) electrons. The Balaban J connectivity index is 2.51. The van der Waals surface area contributed by atoms with Gasteiger partial charge in [0.05, 0.1) is 18.8 Å². The maximum absolute atomic E-state index is 9.22. The predicted octanol–water partition coefficient (Wildman–Crippen LogP) is -1.12. The molecule has 0 aromatic heterocycles. The van der Waals surface area contributed by atoms with Crippen LogP contribution in [0.3, 0.4) is 0 Å². The molecule has 1 rings (SSSR count). The van der Waals surface area contributed by atoms with Gasteiger partial charge in [-0.3, -0.25) is 0 Å². The van der Waals surface area contributed by atoms with Crippen LogP contribution in [-0.4, -0.2) is 46.3 Å². The van der Waals surface area contributed by atoms with Crippen LogP contribution in [0.4, 0.5) is 0 Å².